The molecule has 0 fully saturated rings. The number of ketones is 1. The number of fused-ring (bicyclic) bond motifs is 1. The first-order valence-electron chi connectivity index (χ1n) is 7.22. The van der Waals surface area contributed by atoms with Crippen LogP contribution in [0.25, 0.3) is 11.1 Å². The summed E-state index contributed by atoms with van der Waals surface area (Å²) < 4.78 is 6.46. The van der Waals surface area contributed by atoms with Crippen molar-refractivity contribution in [2.24, 2.45) is 7.05 Å². The van der Waals surface area contributed by atoms with Gasteiger partial charge in [-0.3, -0.25) is 9.36 Å². The molecule has 0 spiro atoms. The molecular formula is C17H15N3O4. The number of carbonyl (C=O) groups is 2. The standard InChI is InChI=1S/C17H15N3O4/c1-10(21)11-3-5-12(6-4-11)18-16(22)19-13-7-8-14-15(9-13)24-17(23)20(14)2/h3-9H,1-2H3,(H2,18,19,22). The normalized spacial score (nSPS) is 10.6. The average molecular weight is 325 g/mol. The van der Waals surface area contributed by atoms with Gasteiger partial charge in [-0.15, -0.1) is 0 Å². The number of carbonyl (C=O) groups excluding carboxylic acids is 2. The number of nitrogens with zero attached hydrogens (tertiary/aromatic N) is 1. The summed E-state index contributed by atoms with van der Waals surface area (Å²) in [5, 5.41) is 5.32. The lowest BCUT2D eigenvalue weighted by atomic mass is 10.1. The third kappa shape index (κ3) is 3.05. The Balaban J connectivity index is 1.72. The van der Waals surface area contributed by atoms with E-state index in [0.29, 0.717) is 28.0 Å². The Labute approximate surface area is 136 Å². The molecule has 0 aliphatic rings. The van der Waals surface area contributed by atoms with Gasteiger partial charge in [0.15, 0.2) is 11.4 Å². The first-order valence-corrected chi connectivity index (χ1v) is 7.22. The zero-order chi connectivity index (χ0) is 17.3. The topological polar surface area (TPSA) is 93.3 Å². The minimum Gasteiger partial charge on any atom is -0.408 e. The van der Waals surface area contributed by atoms with Gasteiger partial charge in [-0.25, -0.2) is 9.59 Å². The van der Waals surface area contributed by atoms with E-state index < -0.39 is 11.8 Å². The molecule has 7 heteroatoms. The molecule has 2 aromatic carbocycles. The molecule has 0 saturated heterocycles. The summed E-state index contributed by atoms with van der Waals surface area (Å²) in [6, 6.07) is 11.1. The van der Waals surface area contributed by atoms with E-state index in [2.05, 4.69) is 10.6 Å². The number of amides is 2. The lowest BCUT2D eigenvalue weighted by molar-refractivity contribution is 0.101. The summed E-state index contributed by atoms with van der Waals surface area (Å²) in [7, 11) is 1.61. The molecule has 0 aliphatic carbocycles. The number of Topliss-reactive ketones (excluding diaryl/α,β-unsaturated/α-hetero) is 1. The number of aryl methyl sites for hydroxylation is 1. The zero-order valence-corrected chi connectivity index (χ0v) is 13.1. The smallest absolute Gasteiger partial charge is 0.408 e. The molecule has 0 radical (unpaired) electrons. The van der Waals surface area contributed by atoms with Gasteiger partial charge in [0, 0.05) is 30.1 Å². The van der Waals surface area contributed by atoms with Crippen LogP contribution < -0.4 is 16.4 Å². The van der Waals surface area contributed by atoms with Gasteiger partial charge in [0.2, 0.25) is 0 Å². The fourth-order valence-corrected chi connectivity index (χ4v) is 2.29. The van der Waals surface area contributed by atoms with E-state index in [0.717, 1.165) is 0 Å². The van der Waals surface area contributed by atoms with Crippen LogP contribution in [0.2, 0.25) is 0 Å². The number of anilines is 2. The van der Waals surface area contributed by atoms with Crippen molar-refractivity contribution < 1.29 is 14.0 Å². The molecule has 1 aromatic heterocycles. The van der Waals surface area contributed by atoms with Crippen molar-refractivity contribution in [1.82, 2.24) is 4.57 Å². The molecule has 0 saturated carbocycles. The van der Waals surface area contributed by atoms with E-state index in [1.165, 1.54) is 11.5 Å². The third-order valence-corrected chi connectivity index (χ3v) is 3.60. The number of hydrogen-bond donors (Lipinski definition) is 2. The van der Waals surface area contributed by atoms with E-state index in [-0.39, 0.29) is 5.78 Å². The molecule has 2 N–H and O–H groups in total. The second-order valence-corrected chi connectivity index (χ2v) is 5.32. The number of rotatable bonds is 3. The first kappa shape index (κ1) is 15.5. The van der Waals surface area contributed by atoms with Crippen LogP contribution in [0.15, 0.2) is 51.7 Å². The Bertz CT molecular complexity index is 983. The van der Waals surface area contributed by atoms with Crippen molar-refractivity contribution in [3.63, 3.8) is 0 Å². The molecule has 2 amide bonds. The maximum absolute atomic E-state index is 12.0. The Morgan fingerprint density at radius 2 is 1.62 bits per heavy atom. The van der Waals surface area contributed by atoms with Crippen molar-refractivity contribution in [3.8, 4) is 0 Å². The second kappa shape index (κ2) is 6.04. The highest BCUT2D eigenvalue weighted by atomic mass is 16.4. The predicted octanol–water partition coefficient (Wildman–Crippen LogP) is 2.98. The van der Waals surface area contributed by atoms with Gasteiger partial charge in [0.1, 0.15) is 0 Å². The van der Waals surface area contributed by atoms with Crippen molar-refractivity contribution in [3.05, 3.63) is 58.6 Å². The molecule has 0 unspecified atom stereocenters. The summed E-state index contributed by atoms with van der Waals surface area (Å²) in [6.45, 7) is 1.48. The highest BCUT2D eigenvalue weighted by Gasteiger charge is 2.08. The van der Waals surface area contributed by atoms with Crippen LogP contribution >= 0.6 is 0 Å². The van der Waals surface area contributed by atoms with E-state index >= 15 is 0 Å². The van der Waals surface area contributed by atoms with Crippen LogP contribution in [0.5, 0.6) is 0 Å². The van der Waals surface area contributed by atoms with Gasteiger partial charge >= 0.3 is 11.8 Å². The van der Waals surface area contributed by atoms with Crippen LogP contribution in [0.3, 0.4) is 0 Å². The van der Waals surface area contributed by atoms with Crippen molar-refractivity contribution in [2.75, 3.05) is 10.6 Å². The summed E-state index contributed by atoms with van der Waals surface area (Å²) in [5.74, 6) is -0.499. The van der Waals surface area contributed by atoms with E-state index in [4.69, 9.17) is 4.42 Å². The summed E-state index contributed by atoms with van der Waals surface area (Å²) in [4.78, 5) is 34.7. The van der Waals surface area contributed by atoms with Crippen molar-refractivity contribution in [1.29, 1.82) is 0 Å². The molecule has 0 aliphatic heterocycles. The van der Waals surface area contributed by atoms with Gasteiger partial charge in [0.25, 0.3) is 0 Å². The molecule has 0 atom stereocenters. The lowest BCUT2D eigenvalue weighted by Gasteiger charge is -2.08. The average Bonchev–Trinajstić information content (AvgIpc) is 2.82. The quantitative estimate of drug-likeness (QED) is 0.724. The molecule has 1 heterocycles. The summed E-state index contributed by atoms with van der Waals surface area (Å²) >= 11 is 0. The fraction of sp³-hybridized carbons (Fsp3) is 0.118. The van der Waals surface area contributed by atoms with Crippen molar-refractivity contribution in [2.45, 2.75) is 6.92 Å². The van der Waals surface area contributed by atoms with Gasteiger partial charge in [0.05, 0.1) is 5.52 Å². The van der Waals surface area contributed by atoms with Crippen LogP contribution in [0.4, 0.5) is 16.2 Å². The van der Waals surface area contributed by atoms with Crippen LogP contribution in [0.1, 0.15) is 17.3 Å². The van der Waals surface area contributed by atoms with Crippen molar-refractivity contribution >= 4 is 34.3 Å². The molecule has 3 rings (SSSR count). The molecule has 122 valence electrons. The number of oxazole rings is 1. The second-order valence-electron chi connectivity index (χ2n) is 5.32. The Kier molecular flexibility index (Phi) is 3.91. The highest BCUT2D eigenvalue weighted by Crippen LogP contribution is 2.18. The van der Waals surface area contributed by atoms with E-state index in [1.807, 2.05) is 0 Å². The van der Waals surface area contributed by atoms with Gasteiger partial charge in [-0.05, 0) is 43.3 Å². The van der Waals surface area contributed by atoms with Gasteiger partial charge in [-0.1, -0.05) is 0 Å². The summed E-state index contributed by atoms with van der Waals surface area (Å²) in [6.07, 6.45) is 0. The Morgan fingerprint density at radius 3 is 2.29 bits per heavy atom. The van der Waals surface area contributed by atoms with Crippen LogP contribution in [0, 0.1) is 0 Å². The minimum absolute atomic E-state index is 0.0383. The number of urea groups is 1. The fourth-order valence-electron chi connectivity index (χ4n) is 2.29. The largest absolute Gasteiger partial charge is 0.419 e. The van der Waals surface area contributed by atoms with E-state index in [1.54, 1.807) is 49.5 Å². The molecule has 24 heavy (non-hydrogen) atoms. The van der Waals surface area contributed by atoms with Crippen LogP contribution in [-0.2, 0) is 7.05 Å². The number of nitrogens with one attached hydrogen (secondary N) is 2. The maximum atomic E-state index is 12.0. The number of aromatic nitrogens is 1. The van der Waals surface area contributed by atoms with Gasteiger partial charge < -0.3 is 15.1 Å². The third-order valence-electron chi connectivity index (χ3n) is 3.60. The molecule has 3 aromatic rings. The number of hydrogen-bond acceptors (Lipinski definition) is 4. The predicted molar refractivity (Wildman–Crippen MR) is 90.5 cm³/mol. The molecular weight excluding hydrogens is 310 g/mol. The lowest BCUT2D eigenvalue weighted by Crippen LogP contribution is -2.19. The first-order chi connectivity index (χ1) is 11.4. The summed E-state index contributed by atoms with van der Waals surface area (Å²) in [5.41, 5.74) is 2.67. The van der Waals surface area contributed by atoms with E-state index in [9.17, 15) is 14.4 Å². The Morgan fingerprint density at radius 1 is 1.00 bits per heavy atom. The van der Waals surface area contributed by atoms with Crippen LogP contribution in [-0.4, -0.2) is 16.4 Å². The number of benzene rings is 2. The minimum atomic E-state index is -0.461. The SMILES string of the molecule is CC(=O)c1ccc(NC(=O)Nc2ccc3c(c2)oc(=O)n3C)cc1. The Hall–Kier alpha value is -3.35. The molecule has 7 nitrogen and oxygen atoms in total. The maximum Gasteiger partial charge on any atom is 0.419 e. The monoisotopic (exact) mass is 325 g/mol. The highest BCUT2D eigenvalue weighted by molar-refractivity contribution is 6.01. The molecule has 0 bridgehead atoms. The van der Waals surface area contributed by atoms with Gasteiger partial charge in [-0.2, -0.15) is 0 Å². The zero-order valence-electron chi connectivity index (χ0n) is 13.1.